The van der Waals surface area contributed by atoms with Crippen LogP contribution >= 0.6 is 0 Å². The highest BCUT2D eigenvalue weighted by atomic mass is 16.5. The largest absolute Gasteiger partial charge is 0.480 e. The Kier molecular flexibility index (Phi) is 10.1. The first-order chi connectivity index (χ1) is 19.7. The number of aliphatic carboxylic acids is 1. The molecule has 0 aromatic heterocycles. The normalized spacial score (nSPS) is 14.4. The van der Waals surface area contributed by atoms with Gasteiger partial charge in [-0.2, -0.15) is 0 Å². The van der Waals surface area contributed by atoms with Crippen LogP contribution in [0.3, 0.4) is 0 Å². The average Bonchev–Trinajstić information content (AvgIpc) is 3.29. The molecule has 216 valence electrons. The third kappa shape index (κ3) is 7.71. The second kappa shape index (κ2) is 13.9. The molecule has 3 aromatic rings. The van der Waals surface area contributed by atoms with Crippen molar-refractivity contribution in [2.75, 3.05) is 27.2 Å². The van der Waals surface area contributed by atoms with Crippen molar-refractivity contribution in [3.05, 3.63) is 95.6 Å². The van der Waals surface area contributed by atoms with Crippen molar-refractivity contribution in [2.45, 2.75) is 44.1 Å². The van der Waals surface area contributed by atoms with E-state index in [1.54, 1.807) is 6.92 Å². The van der Waals surface area contributed by atoms with Gasteiger partial charge in [-0.3, -0.25) is 4.79 Å². The Hall–Kier alpha value is -4.21. The van der Waals surface area contributed by atoms with Crippen LogP contribution in [-0.4, -0.2) is 73.4 Å². The van der Waals surface area contributed by atoms with Crippen molar-refractivity contribution in [1.29, 1.82) is 0 Å². The summed E-state index contributed by atoms with van der Waals surface area (Å²) in [5.74, 6) is -1.96. The van der Waals surface area contributed by atoms with Gasteiger partial charge < -0.3 is 30.1 Å². The van der Waals surface area contributed by atoms with Gasteiger partial charge >= 0.3 is 12.1 Å². The molecule has 2 amide bonds. The van der Waals surface area contributed by atoms with E-state index in [2.05, 4.69) is 22.8 Å². The number of carboxylic acid groups (broad SMARTS) is 1. The average molecular weight is 560 g/mol. The smallest absolute Gasteiger partial charge is 0.407 e. The summed E-state index contributed by atoms with van der Waals surface area (Å²) < 4.78 is 11.6. The Morgan fingerprint density at radius 2 is 1.46 bits per heavy atom. The number of hydrogen-bond acceptors (Lipinski definition) is 6. The topological polar surface area (TPSA) is 117 Å². The second-order valence-electron chi connectivity index (χ2n) is 10.4. The zero-order valence-electron chi connectivity index (χ0n) is 23.6. The number of carboxylic acids is 1. The summed E-state index contributed by atoms with van der Waals surface area (Å²) in [5, 5.41) is 14.9. The van der Waals surface area contributed by atoms with Gasteiger partial charge in [0, 0.05) is 12.5 Å². The Labute approximate surface area is 240 Å². The summed E-state index contributed by atoms with van der Waals surface area (Å²) in [6.45, 7) is 2.41. The molecule has 0 bridgehead atoms. The molecule has 3 N–H and O–H groups in total. The zero-order chi connectivity index (χ0) is 29.4. The Morgan fingerprint density at radius 3 is 2.05 bits per heavy atom. The molecular formula is C32H37N3O6. The predicted octanol–water partition coefficient (Wildman–Crippen LogP) is 4.02. The van der Waals surface area contributed by atoms with Crippen LogP contribution in [0.5, 0.6) is 0 Å². The number of ether oxygens (including phenoxy) is 2. The minimum Gasteiger partial charge on any atom is -0.480 e. The van der Waals surface area contributed by atoms with Crippen LogP contribution in [0.1, 0.15) is 36.0 Å². The van der Waals surface area contributed by atoms with Gasteiger partial charge in [0.15, 0.2) is 0 Å². The van der Waals surface area contributed by atoms with Crippen LogP contribution in [-0.2, 0) is 25.7 Å². The van der Waals surface area contributed by atoms with Gasteiger partial charge in [-0.1, -0.05) is 78.9 Å². The highest BCUT2D eigenvalue weighted by Gasteiger charge is 2.33. The third-order valence-electron chi connectivity index (χ3n) is 7.20. The molecule has 0 saturated heterocycles. The molecule has 0 spiro atoms. The SMILES string of the molecule is CC(OCc1ccccc1)C(NC(=O)OCC1c2ccccc2-c2ccccc21)C(=O)NC(CCN(C)C)C(=O)O. The number of rotatable bonds is 13. The summed E-state index contributed by atoms with van der Waals surface area (Å²) in [5.41, 5.74) is 5.25. The van der Waals surface area contributed by atoms with E-state index < -0.39 is 36.2 Å². The van der Waals surface area contributed by atoms with Crippen molar-refractivity contribution in [1.82, 2.24) is 15.5 Å². The highest BCUT2D eigenvalue weighted by Crippen LogP contribution is 2.44. The molecule has 0 radical (unpaired) electrons. The van der Waals surface area contributed by atoms with E-state index in [1.165, 1.54) is 0 Å². The van der Waals surface area contributed by atoms with Crippen LogP contribution in [0, 0.1) is 0 Å². The number of nitrogens with one attached hydrogen (secondary N) is 2. The van der Waals surface area contributed by atoms with Crippen molar-refractivity contribution in [2.24, 2.45) is 0 Å². The zero-order valence-corrected chi connectivity index (χ0v) is 23.6. The van der Waals surface area contributed by atoms with Crippen LogP contribution < -0.4 is 10.6 Å². The maximum absolute atomic E-state index is 13.3. The second-order valence-corrected chi connectivity index (χ2v) is 10.4. The van der Waals surface area contributed by atoms with E-state index >= 15 is 0 Å². The minimum atomic E-state index is -1.18. The lowest BCUT2D eigenvalue weighted by Gasteiger charge is -2.26. The first-order valence-electron chi connectivity index (χ1n) is 13.7. The van der Waals surface area contributed by atoms with Crippen molar-refractivity contribution >= 4 is 18.0 Å². The maximum Gasteiger partial charge on any atom is 0.407 e. The molecule has 0 fully saturated rings. The molecule has 9 heteroatoms. The van der Waals surface area contributed by atoms with Gasteiger partial charge in [0.05, 0.1) is 12.7 Å². The lowest BCUT2D eigenvalue weighted by atomic mass is 9.98. The van der Waals surface area contributed by atoms with Gasteiger partial charge in [-0.25, -0.2) is 9.59 Å². The third-order valence-corrected chi connectivity index (χ3v) is 7.20. The molecule has 1 aliphatic carbocycles. The summed E-state index contributed by atoms with van der Waals surface area (Å²) in [6.07, 6.45) is -1.37. The molecule has 41 heavy (non-hydrogen) atoms. The van der Waals surface area contributed by atoms with E-state index in [9.17, 15) is 19.5 Å². The Balaban J connectivity index is 1.45. The molecule has 0 aliphatic heterocycles. The van der Waals surface area contributed by atoms with Gasteiger partial charge in [-0.05, 0) is 55.3 Å². The predicted molar refractivity (Wildman–Crippen MR) is 155 cm³/mol. The van der Waals surface area contributed by atoms with Gasteiger partial charge in [0.1, 0.15) is 18.7 Å². The number of nitrogens with zero attached hydrogens (tertiary/aromatic N) is 1. The van der Waals surface area contributed by atoms with E-state index in [1.807, 2.05) is 85.7 Å². The number of carbonyl (C=O) groups excluding carboxylic acids is 2. The standard InChI is InChI=1S/C32H37N3O6/c1-21(40-19-22-11-5-4-6-12-22)29(30(36)33-28(31(37)38)17-18-35(2)3)34-32(39)41-20-27-25-15-9-7-13-23(25)24-14-8-10-16-26(24)27/h4-16,21,27-29H,17-20H2,1-3H3,(H,33,36)(H,34,39)(H,37,38). The number of hydrogen-bond donors (Lipinski definition) is 3. The highest BCUT2D eigenvalue weighted by molar-refractivity contribution is 5.89. The summed E-state index contributed by atoms with van der Waals surface area (Å²) in [6, 6.07) is 23.1. The first-order valence-corrected chi connectivity index (χ1v) is 13.7. The van der Waals surface area contributed by atoms with Gasteiger partial charge in [0.2, 0.25) is 5.91 Å². The first kappa shape index (κ1) is 29.8. The fraction of sp³-hybridized carbons (Fsp3) is 0.344. The number of alkyl carbamates (subject to hydrolysis) is 1. The molecule has 3 atom stereocenters. The van der Waals surface area contributed by atoms with Crippen molar-refractivity contribution in [3.63, 3.8) is 0 Å². The van der Waals surface area contributed by atoms with E-state index in [-0.39, 0.29) is 25.6 Å². The lowest BCUT2D eigenvalue weighted by molar-refractivity contribution is -0.143. The molecule has 1 aliphatic rings. The number of benzene rings is 3. The maximum atomic E-state index is 13.3. The summed E-state index contributed by atoms with van der Waals surface area (Å²) in [7, 11) is 3.64. The van der Waals surface area contributed by atoms with Gasteiger partial charge in [0.25, 0.3) is 0 Å². The van der Waals surface area contributed by atoms with Gasteiger partial charge in [-0.15, -0.1) is 0 Å². The minimum absolute atomic E-state index is 0.0774. The van der Waals surface area contributed by atoms with Crippen molar-refractivity contribution in [3.8, 4) is 11.1 Å². The van der Waals surface area contributed by atoms with Crippen LogP contribution in [0.4, 0.5) is 4.79 Å². The van der Waals surface area contributed by atoms with E-state index in [0.29, 0.717) is 6.54 Å². The lowest BCUT2D eigenvalue weighted by Crippen LogP contribution is -2.56. The quantitative estimate of drug-likeness (QED) is 0.290. The molecule has 0 saturated carbocycles. The van der Waals surface area contributed by atoms with Crippen molar-refractivity contribution < 1.29 is 29.0 Å². The summed E-state index contributed by atoms with van der Waals surface area (Å²) in [4.78, 5) is 40.1. The number of amides is 2. The van der Waals surface area contributed by atoms with Crippen LogP contribution in [0.2, 0.25) is 0 Å². The Morgan fingerprint density at radius 1 is 0.878 bits per heavy atom. The van der Waals surface area contributed by atoms with E-state index in [4.69, 9.17) is 9.47 Å². The molecule has 0 heterocycles. The van der Waals surface area contributed by atoms with Crippen LogP contribution in [0.25, 0.3) is 11.1 Å². The summed E-state index contributed by atoms with van der Waals surface area (Å²) >= 11 is 0. The monoisotopic (exact) mass is 559 g/mol. The Bertz CT molecular complexity index is 1300. The fourth-order valence-electron chi connectivity index (χ4n) is 4.97. The van der Waals surface area contributed by atoms with E-state index in [0.717, 1.165) is 27.8 Å². The fourth-order valence-corrected chi connectivity index (χ4v) is 4.97. The number of fused-ring (bicyclic) bond motifs is 3. The van der Waals surface area contributed by atoms with Crippen LogP contribution in [0.15, 0.2) is 78.9 Å². The molecule has 4 rings (SSSR count). The molecule has 3 aromatic carbocycles. The molecular weight excluding hydrogens is 522 g/mol. The number of carbonyl (C=O) groups is 3. The molecule has 9 nitrogen and oxygen atoms in total. The molecule has 3 unspecified atom stereocenters.